The van der Waals surface area contributed by atoms with E-state index in [9.17, 15) is 14.0 Å². The Labute approximate surface area is 132 Å². The van der Waals surface area contributed by atoms with Gasteiger partial charge in [-0.25, -0.2) is 4.39 Å². The van der Waals surface area contributed by atoms with Gasteiger partial charge in [0.05, 0.1) is 11.6 Å². The zero-order valence-corrected chi connectivity index (χ0v) is 12.2. The molecule has 5 nitrogen and oxygen atoms in total. The van der Waals surface area contributed by atoms with E-state index >= 15 is 0 Å². The standard InChI is InChI=1S/C17H14FN3O2/c18-14-7-3-2-6-13(14)17(23)20-11-12-5-1-4-8-15(12)21-16(22)9-10-19/h1-8H,9,11H2,(H,20,23)(H,21,22). The van der Waals surface area contributed by atoms with Gasteiger partial charge in [-0.15, -0.1) is 0 Å². The molecule has 0 aliphatic rings. The summed E-state index contributed by atoms with van der Waals surface area (Å²) in [5.74, 6) is -1.57. The molecule has 0 unspecified atom stereocenters. The molecule has 0 spiro atoms. The predicted molar refractivity (Wildman–Crippen MR) is 82.9 cm³/mol. The van der Waals surface area contributed by atoms with Crippen molar-refractivity contribution in [3.8, 4) is 6.07 Å². The molecule has 0 aliphatic heterocycles. The van der Waals surface area contributed by atoms with Crippen molar-refractivity contribution in [2.45, 2.75) is 13.0 Å². The van der Waals surface area contributed by atoms with Crippen LogP contribution in [-0.2, 0) is 11.3 Å². The Morgan fingerprint density at radius 2 is 1.78 bits per heavy atom. The van der Waals surface area contributed by atoms with Crippen LogP contribution in [0.2, 0.25) is 0 Å². The van der Waals surface area contributed by atoms with Crippen molar-refractivity contribution in [1.82, 2.24) is 5.32 Å². The maximum absolute atomic E-state index is 13.6. The largest absolute Gasteiger partial charge is 0.348 e. The van der Waals surface area contributed by atoms with Crippen molar-refractivity contribution in [3.63, 3.8) is 0 Å². The van der Waals surface area contributed by atoms with Gasteiger partial charge >= 0.3 is 0 Å². The Balaban J connectivity index is 2.06. The molecule has 0 saturated heterocycles. The molecular formula is C17H14FN3O2. The normalized spacial score (nSPS) is 9.74. The highest BCUT2D eigenvalue weighted by Gasteiger charge is 2.12. The van der Waals surface area contributed by atoms with Gasteiger partial charge in [0.15, 0.2) is 0 Å². The second kappa shape index (κ2) is 7.71. The Kier molecular flexibility index (Phi) is 5.42. The molecule has 0 aliphatic carbocycles. The van der Waals surface area contributed by atoms with Crippen molar-refractivity contribution in [1.29, 1.82) is 5.26 Å². The number of nitriles is 1. The zero-order chi connectivity index (χ0) is 16.7. The summed E-state index contributed by atoms with van der Waals surface area (Å²) in [4.78, 5) is 23.5. The Bertz CT molecular complexity index is 768. The maximum atomic E-state index is 13.6. The zero-order valence-electron chi connectivity index (χ0n) is 12.2. The maximum Gasteiger partial charge on any atom is 0.254 e. The summed E-state index contributed by atoms with van der Waals surface area (Å²) in [6.07, 6.45) is -0.254. The molecule has 0 bridgehead atoms. The van der Waals surface area contributed by atoms with Crippen LogP contribution in [-0.4, -0.2) is 11.8 Å². The van der Waals surface area contributed by atoms with Crippen molar-refractivity contribution in [2.75, 3.05) is 5.32 Å². The molecular weight excluding hydrogens is 297 g/mol. The van der Waals surface area contributed by atoms with Crippen LogP contribution in [0.25, 0.3) is 0 Å². The van der Waals surface area contributed by atoms with Gasteiger partial charge in [0.1, 0.15) is 12.2 Å². The second-order valence-corrected chi connectivity index (χ2v) is 4.70. The van der Waals surface area contributed by atoms with Gasteiger partial charge < -0.3 is 10.6 Å². The van der Waals surface area contributed by atoms with Crippen molar-refractivity contribution < 1.29 is 14.0 Å². The highest BCUT2D eigenvalue weighted by atomic mass is 19.1. The van der Waals surface area contributed by atoms with Crippen LogP contribution < -0.4 is 10.6 Å². The number of benzene rings is 2. The fourth-order valence-electron chi connectivity index (χ4n) is 1.98. The summed E-state index contributed by atoms with van der Waals surface area (Å²) in [5.41, 5.74) is 1.11. The number of halogens is 1. The first-order valence-corrected chi connectivity index (χ1v) is 6.89. The third-order valence-electron chi connectivity index (χ3n) is 3.09. The Hall–Kier alpha value is -3.20. The van der Waals surface area contributed by atoms with Crippen LogP contribution in [0.5, 0.6) is 0 Å². The minimum Gasteiger partial charge on any atom is -0.348 e. The molecule has 2 aromatic rings. The Morgan fingerprint density at radius 1 is 1.09 bits per heavy atom. The predicted octanol–water partition coefficient (Wildman–Crippen LogP) is 2.61. The highest BCUT2D eigenvalue weighted by Crippen LogP contribution is 2.15. The van der Waals surface area contributed by atoms with E-state index in [1.165, 1.54) is 18.2 Å². The highest BCUT2D eigenvalue weighted by molar-refractivity contribution is 5.95. The van der Waals surface area contributed by atoms with E-state index < -0.39 is 17.6 Å². The van der Waals surface area contributed by atoms with Gasteiger partial charge in [-0.3, -0.25) is 9.59 Å². The van der Waals surface area contributed by atoms with Crippen LogP contribution in [0.3, 0.4) is 0 Å². The lowest BCUT2D eigenvalue weighted by Gasteiger charge is -2.11. The minimum atomic E-state index is -0.597. The molecule has 2 N–H and O–H groups in total. The molecule has 0 atom stereocenters. The van der Waals surface area contributed by atoms with Gasteiger partial charge in [-0.2, -0.15) is 5.26 Å². The molecule has 2 rings (SSSR count). The van der Waals surface area contributed by atoms with Crippen LogP contribution in [0.4, 0.5) is 10.1 Å². The fourth-order valence-corrected chi connectivity index (χ4v) is 1.98. The monoisotopic (exact) mass is 311 g/mol. The number of nitrogens with one attached hydrogen (secondary N) is 2. The molecule has 0 fully saturated rings. The summed E-state index contributed by atoms with van der Waals surface area (Å²) >= 11 is 0. The van der Waals surface area contributed by atoms with E-state index in [0.29, 0.717) is 11.3 Å². The molecule has 116 valence electrons. The van der Waals surface area contributed by atoms with Gasteiger partial charge in [-0.1, -0.05) is 30.3 Å². The lowest BCUT2D eigenvalue weighted by Crippen LogP contribution is -2.24. The number of nitrogens with zero attached hydrogens (tertiary/aromatic N) is 1. The number of anilines is 1. The first kappa shape index (κ1) is 16.2. The smallest absolute Gasteiger partial charge is 0.254 e. The lowest BCUT2D eigenvalue weighted by molar-refractivity contribution is -0.115. The van der Waals surface area contributed by atoms with E-state index in [2.05, 4.69) is 10.6 Å². The summed E-state index contributed by atoms with van der Waals surface area (Å²) in [7, 11) is 0. The van der Waals surface area contributed by atoms with Crippen molar-refractivity contribution in [3.05, 3.63) is 65.5 Å². The van der Waals surface area contributed by atoms with Crippen LogP contribution in [0.15, 0.2) is 48.5 Å². The Morgan fingerprint density at radius 3 is 2.52 bits per heavy atom. The number of para-hydroxylation sites is 1. The molecule has 6 heteroatoms. The average molecular weight is 311 g/mol. The minimum absolute atomic E-state index is 0.0431. The molecule has 0 aromatic heterocycles. The summed E-state index contributed by atoms with van der Waals surface area (Å²) in [5, 5.41) is 13.7. The molecule has 2 aromatic carbocycles. The SMILES string of the molecule is N#CCC(=O)Nc1ccccc1CNC(=O)c1ccccc1F. The summed E-state index contributed by atoms with van der Waals surface area (Å²) in [6.45, 7) is 0.121. The van der Waals surface area contributed by atoms with Gasteiger partial charge in [0, 0.05) is 12.2 Å². The van der Waals surface area contributed by atoms with Crippen molar-refractivity contribution >= 4 is 17.5 Å². The summed E-state index contributed by atoms with van der Waals surface area (Å²) in [6, 6.07) is 14.3. The van der Waals surface area contributed by atoms with Gasteiger partial charge in [0.25, 0.3) is 5.91 Å². The quantitative estimate of drug-likeness (QED) is 0.890. The third kappa shape index (κ3) is 4.38. The van der Waals surface area contributed by atoms with Crippen LogP contribution in [0, 0.1) is 17.1 Å². The first-order chi connectivity index (χ1) is 11.1. The van der Waals surface area contributed by atoms with Crippen LogP contribution in [0.1, 0.15) is 22.3 Å². The molecule has 23 heavy (non-hydrogen) atoms. The molecule has 0 saturated carbocycles. The number of amides is 2. The van der Waals surface area contributed by atoms with Gasteiger partial charge in [-0.05, 0) is 23.8 Å². The second-order valence-electron chi connectivity index (χ2n) is 4.70. The molecule has 2 amide bonds. The number of carbonyl (C=O) groups is 2. The summed E-state index contributed by atoms with van der Waals surface area (Å²) < 4.78 is 13.6. The van der Waals surface area contributed by atoms with Crippen molar-refractivity contribution in [2.24, 2.45) is 0 Å². The van der Waals surface area contributed by atoms with E-state index in [1.807, 2.05) is 0 Å². The first-order valence-electron chi connectivity index (χ1n) is 6.89. The fraction of sp³-hybridized carbons (Fsp3) is 0.118. The lowest BCUT2D eigenvalue weighted by atomic mass is 10.1. The topological polar surface area (TPSA) is 82.0 Å². The number of hydrogen-bond donors (Lipinski definition) is 2. The number of rotatable bonds is 5. The van der Waals surface area contributed by atoms with E-state index in [-0.39, 0.29) is 18.5 Å². The molecule has 0 radical (unpaired) electrons. The van der Waals surface area contributed by atoms with Gasteiger partial charge in [0.2, 0.25) is 5.91 Å². The third-order valence-corrected chi connectivity index (χ3v) is 3.09. The molecule has 0 heterocycles. The van der Waals surface area contributed by atoms with Crippen LogP contribution >= 0.6 is 0 Å². The number of hydrogen-bond acceptors (Lipinski definition) is 3. The van der Waals surface area contributed by atoms with E-state index in [1.54, 1.807) is 36.4 Å². The number of carbonyl (C=O) groups excluding carboxylic acids is 2. The van der Waals surface area contributed by atoms with E-state index in [4.69, 9.17) is 5.26 Å². The average Bonchev–Trinajstić information content (AvgIpc) is 2.54. The van der Waals surface area contributed by atoms with E-state index in [0.717, 1.165) is 0 Å².